The normalized spacial score (nSPS) is 24.7. The molecule has 5 heteroatoms. The molecule has 1 amide bonds. The summed E-state index contributed by atoms with van der Waals surface area (Å²) in [5.74, 6) is 1.51. The molecule has 5 heterocycles. The zero-order valence-corrected chi connectivity index (χ0v) is 14.5. The number of piperidine rings is 3. The van der Waals surface area contributed by atoms with E-state index in [2.05, 4.69) is 15.2 Å². The van der Waals surface area contributed by atoms with Gasteiger partial charge in [-0.25, -0.2) is 0 Å². The molecule has 0 saturated carbocycles. The summed E-state index contributed by atoms with van der Waals surface area (Å²) in [7, 11) is 0. The molecule has 132 valence electrons. The van der Waals surface area contributed by atoms with E-state index in [1.165, 1.54) is 12.8 Å². The van der Waals surface area contributed by atoms with Gasteiger partial charge in [0.1, 0.15) is 5.76 Å². The Morgan fingerprint density at radius 2 is 2.00 bits per heavy atom. The van der Waals surface area contributed by atoms with Gasteiger partial charge in [-0.15, -0.1) is 0 Å². The molecule has 26 heavy (non-hydrogen) atoms. The zero-order valence-electron chi connectivity index (χ0n) is 14.5. The molecule has 1 N–H and O–H groups in total. The van der Waals surface area contributed by atoms with Crippen molar-refractivity contribution in [3.63, 3.8) is 0 Å². The van der Waals surface area contributed by atoms with Gasteiger partial charge in [-0.2, -0.15) is 0 Å². The van der Waals surface area contributed by atoms with Crippen molar-refractivity contribution in [3.8, 4) is 11.3 Å². The summed E-state index contributed by atoms with van der Waals surface area (Å²) in [5.41, 5.74) is 1.83. The lowest BCUT2D eigenvalue weighted by Gasteiger charge is -2.44. The maximum atomic E-state index is 12.6. The van der Waals surface area contributed by atoms with Gasteiger partial charge < -0.3 is 14.6 Å². The number of nitrogens with zero attached hydrogens (tertiary/aromatic N) is 2. The van der Waals surface area contributed by atoms with Gasteiger partial charge in [0.25, 0.3) is 5.91 Å². The molecular formula is C21H21N3O2. The molecule has 3 aromatic rings. The van der Waals surface area contributed by atoms with E-state index in [9.17, 15) is 4.79 Å². The molecule has 5 nitrogen and oxygen atoms in total. The SMILES string of the molecule is O=C(N[C@H]1CN2CCC1CC2)c1ccc(-c2cnc3ccccc3c2)o1. The summed E-state index contributed by atoms with van der Waals surface area (Å²) in [4.78, 5) is 19.5. The summed E-state index contributed by atoms with van der Waals surface area (Å²) in [6.45, 7) is 3.28. The van der Waals surface area contributed by atoms with E-state index >= 15 is 0 Å². The number of furan rings is 1. The van der Waals surface area contributed by atoms with Crippen molar-refractivity contribution in [2.24, 2.45) is 5.92 Å². The third-order valence-corrected chi connectivity index (χ3v) is 5.68. The van der Waals surface area contributed by atoms with Crippen molar-refractivity contribution in [1.82, 2.24) is 15.2 Å². The molecule has 0 aliphatic carbocycles. The topological polar surface area (TPSA) is 58.4 Å². The van der Waals surface area contributed by atoms with Crippen molar-refractivity contribution in [3.05, 3.63) is 54.4 Å². The van der Waals surface area contributed by atoms with Crippen LogP contribution in [0.2, 0.25) is 0 Å². The summed E-state index contributed by atoms with van der Waals surface area (Å²) in [6, 6.07) is 13.8. The Hall–Kier alpha value is -2.66. The number of para-hydroxylation sites is 1. The van der Waals surface area contributed by atoms with Gasteiger partial charge in [-0.1, -0.05) is 18.2 Å². The highest BCUT2D eigenvalue weighted by atomic mass is 16.3. The molecule has 2 aromatic heterocycles. The summed E-state index contributed by atoms with van der Waals surface area (Å²) in [5, 5.41) is 4.23. The largest absolute Gasteiger partial charge is 0.451 e. The van der Waals surface area contributed by atoms with E-state index in [0.717, 1.165) is 36.1 Å². The molecular weight excluding hydrogens is 326 g/mol. The Morgan fingerprint density at radius 1 is 1.15 bits per heavy atom. The minimum Gasteiger partial charge on any atom is -0.451 e. The highest BCUT2D eigenvalue weighted by Gasteiger charge is 2.35. The molecule has 6 rings (SSSR count). The zero-order chi connectivity index (χ0) is 17.5. The van der Waals surface area contributed by atoms with Crippen LogP contribution in [0.4, 0.5) is 0 Å². The van der Waals surface area contributed by atoms with Gasteiger partial charge in [0.2, 0.25) is 0 Å². The summed E-state index contributed by atoms with van der Waals surface area (Å²) >= 11 is 0. The molecule has 0 unspecified atom stereocenters. The van der Waals surface area contributed by atoms with Crippen LogP contribution in [-0.4, -0.2) is 41.5 Å². The molecule has 2 bridgehead atoms. The fourth-order valence-corrected chi connectivity index (χ4v) is 4.19. The Labute approximate surface area is 152 Å². The molecule has 3 saturated heterocycles. The van der Waals surface area contributed by atoms with Crippen molar-refractivity contribution >= 4 is 16.8 Å². The number of nitrogens with one attached hydrogen (secondary N) is 1. The Balaban J connectivity index is 1.34. The van der Waals surface area contributed by atoms with Gasteiger partial charge in [0.05, 0.1) is 5.52 Å². The fourth-order valence-electron chi connectivity index (χ4n) is 4.19. The molecule has 1 atom stereocenters. The number of rotatable bonds is 3. The fraction of sp³-hybridized carbons (Fsp3) is 0.333. The van der Waals surface area contributed by atoms with Gasteiger partial charge in [0, 0.05) is 29.7 Å². The first kappa shape index (κ1) is 15.6. The standard InChI is InChI=1S/C21H21N3O2/c25-21(23-18-13-24-9-7-14(18)8-10-24)20-6-5-19(26-20)16-11-15-3-1-2-4-17(15)22-12-16/h1-6,11-12,14,18H,7-10,13H2,(H,23,25)/t18-/m0/s1. The van der Waals surface area contributed by atoms with Crippen molar-refractivity contribution < 1.29 is 9.21 Å². The first-order chi connectivity index (χ1) is 12.8. The van der Waals surface area contributed by atoms with Gasteiger partial charge in [-0.3, -0.25) is 9.78 Å². The number of carbonyl (C=O) groups excluding carboxylic acids is 1. The van der Waals surface area contributed by atoms with E-state index in [4.69, 9.17) is 4.42 Å². The summed E-state index contributed by atoms with van der Waals surface area (Å²) in [6.07, 6.45) is 4.14. The molecule has 3 aliphatic rings. The van der Waals surface area contributed by atoms with Crippen LogP contribution in [0.15, 0.2) is 53.1 Å². The van der Waals surface area contributed by atoms with E-state index in [1.54, 1.807) is 12.3 Å². The van der Waals surface area contributed by atoms with Crippen LogP contribution in [-0.2, 0) is 0 Å². The maximum Gasteiger partial charge on any atom is 0.287 e. The Bertz CT molecular complexity index is 957. The molecule has 0 radical (unpaired) electrons. The number of carbonyl (C=O) groups is 1. The minimum atomic E-state index is -0.122. The number of amides is 1. The number of fused-ring (bicyclic) bond motifs is 4. The molecule has 3 fully saturated rings. The highest BCUT2D eigenvalue weighted by molar-refractivity contribution is 5.92. The maximum absolute atomic E-state index is 12.6. The average molecular weight is 347 g/mol. The van der Waals surface area contributed by atoms with Gasteiger partial charge in [-0.05, 0) is 56.1 Å². The average Bonchev–Trinajstić information content (AvgIpc) is 3.19. The van der Waals surface area contributed by atoms with Crippen LogP contribution in [0.5, 0.6) is 0 Å². The first-order valence-electron chi connectivity index (χ1n) is 9.24. The van der Waals surface area contributed by atoms with Crippen LogP contribution in [0, 0.1) is 5.92 Å². The second kappa shape index (κ2) is 6.25. The second-order valence-corrected chi connectivity index (χ2v) is 7.30. The van der Waals surface area contributed by atoms with Crippen LogP contribution >= 0.6 is 0 Å². The number of hydrogen-bond acceptors (Lipinski definition) is 4. The Kier molecular flexibility index (Phi) is 3.75. The van der Waals surface area contributed by atoms with Crippen LogP contribution in [0.1, 0.15) is 23.4 Å². The number of pyridine rings is 1. The van der Waals surface area contributed by atoms with Gasteiger partial charge >= 0.3 is 0 Å². The van der Waals surface area contributed by atoms with Crippen LogP contribution in [0.3, 0.4) is 0 Å². The molecule has 3 aliphatic heterocycles. The minimum absolute atomic E-state index is 0.122. The number of benzene rings is 1. The smallest absolute Gasteiger partial charge is 0.287 e. The Morgan fingerprint density at radius 3 is 2.81 bits per heavy atom. The number of hydrogen-bond donors (Lipinski definition) is 1. The predicted molar refractivity (Wildman–Crippen MR) is 99.9 cm³/mol. The lowest BCUT2D eigenvalue weighted by molar-refractivity contribution is 0.0606. The summed E-state index contributed by atoms with van der Waals surface area (Å²) < 4.78 is 5.84. The quantitative estimate of drug-likeness (QED) is 0.790. The monoisotopic (exact) mass is 347 g/mol. The third-order valence-electron chi connectivity index (χ3n) is 5.68. The predicted octanol–water partition coefficient (Wildman–Crippen LogP) is 3.32. The van der Waals surface area contributed by atoms with Crippen molar-refractivity contribution in [2.75, 3.05) is 19.6 Å². The van der Waals surface area contributed by atoms with E-state index in [-0.39, 0.29) is 11.9 Å². The van der Waals surface area contributed by atoms with E-state index in [0.29, 0.717) is 17.4 Å². The lowest BCUT2D eigenvalue weighted by Crippen LogP contribution is -2.57. The molecule has 0 spiro atoms. The van der Waals surface area contributed by atoms with Crippen LogP contribution in [0.25, 0.3) is 22.2 Å². The number of aromatic nitrogens is 1. The lowest BCUT2D eigenvalue weighted by atomic mass is 9.84. The van der Waals surface area contributed by atoms with E-state index < -0.39 is 0 Å². The van der Waals surface area contributed by atoms with Gasteiger partial charge in [0.15, 0.2) is 5.76 Å². The molecule has 1 aromatic carbocycles. The third kappa shape index (κ3) is 2.78. The second-order valence-electron chi connectivity index (χ2n) is 7.30. The first-order valence-corrected chi connectivity index (χ1v) is 9.24. The van der Waals surface area contributed by atoms with E-state index in [1.807, 2.05) is 36.4 Å². The highest BCUT2D eigenvalue weighted by Crippen LogP contribution is 2.28. The van der Waals surface area contributed by atoms with Crippen molar-refractivity contribution in [2.45, 2.75) is 18.9 Å². The van der Waals surface area contributed by atoms with Crippen molar-refractivity contribution in [1.29, 1.82) is 0 Å². The van der Waals surface area contributed by atoms with Crippen LogP contribution < -0.4 is 5.32 Å².